The van der Waals surface area contributed by atoms with Gasteiger partial charge >= 0.3 is 0 Å². The molecule has 0 N–H and O–H groups in total. The van der Waals surface area contributed by atoms with Gasteiger partial charge in [-0.2, -0.15) is 4.40 Å². The lowest BCUT2D eigenvalue weighted by atomic mass is 10.2. The first-order chi connectivity index (χ1) is 7.43. The van der Waals surface area contributed by atoms with Gasteiger partial charge in [-0.05, 0) is 17.5 Å². The van der Waals surface area contributed by atoms with Crippen LogP contribution < -0.4 is 4.40 Å². The van der Waals surface area contributed by atoms with Crippen molar-refractivity contribution in [3.8, 4) is 10.4 Å². The summed E-state index contributed by atoms with van der Waals surface area (Å²) in [6.07, 6.45) is 4.16. The van der Waals surface area contributed by atoms with Crippen LogP contribution in [0.5, 0.6) is 0 Å². The summed E-state index contributed by atoms with van der Waals surface area (Å²) in [5.41, 5.74) is 2.51. The fourth-order valence-corrected chi connectivity index (χ4v) is 2.42. The smallest absolute Gasteiger partial charge is 0.167 e. The van der Waals surface area contributed by atoms with E-state index in [0.717, 1.165) is 0 Å². The summed E-state index contributed by atoms with van der Waals surface area (Å²) in [7, 11) is 0. The minimum absolute atomic E-state index is 1.23. The van der Waals surface area contributed by atoms with Crippen LogP contribution in [0.3, 0.4) is 0 Å². The Morgan fingerprint density at radius 3 is 2.80 bits per heavy atom. The Labute approximate surface area is 92.3 Å². The lowest BCUT2D eigenvalue weighted by molar-refractivity contribution is -0.511. The van der Waals surface area contributed by atoms with Crippen molar-refractivity contribution in [3.63, 3.8) is 0 Å². The predicted octanol–water partition coefficient (Wildman–Crippen LogP) is 3.15. The molecule has 0 spiro atoms. The third-order valence-corrected chi connectivity index (χ3v) is 3.37. The Morgan fingerprint density at radius 2 is 1.93 bits per heavy atom. The fourth-order valence-electron chi connectivity index (χ4n) is 1.69. The summed E-state index contributed by atoms with van der Waals surface area (Å²) in [6, 6.07) is 14.8. The van der Waals surface area contributed by atoms with Gasteiger partial charge in [-0.15, -0.1) is 11.3 Å². The van der Waals surface area contributed by atoms with Crippen LogP contribution >= 0.6 is 11.3 Å². The highest BCUT2D eigenvalue weighted by atomic mass is 32.1. The van der Waals surface area contributed by atoms with Gasteiger partial charge in [0.05, 0.1) is 0 Å². The van der Waals surface area contributed by atoms with Crippen molar-refractivity contribution < 1.29 is 4.40 Å². The summed E-state index contributed by atoms with van der Waals surface area (Å²) in [5.74, 6) is 0. The van der Waals surface area contributed by atoms with Crippen LogP contribution in [-0.2, 0) is 0 Å². The van der Waals surface area contributed by atoms with E-state index in [2.05, 4.69) is 58.6 Å². The molecule has 15 heavy (non-hydrogen) atoms. The molecule has 0 aliphatic carbocycles. The van der Waals surface area contributed by atoms with Crippen molar-refractivity contribution >= 4 is 16.9 Å². The van der Waals surface area contributed by atoms with Gasteiger partial charge in [0, 0.05) is 34.7 Å². The molecule has 0 unspecified atom stereocenters. The van der Waals surface area contributed by atoms with Gasteiger partial charge < -0.3 is 0 Å². The first kappa shape index (κ1) is 8.62. The molecule has 3 aromatic rings. The van der Waals surface area contributed by atoms with Crippen molar-refractivity contribution in [1.29, 1.82) is 0 Å². The summed E-state index contributed by atoms with van der Waals surface area (Å²) in [6.45, 7) is 0. The van der Waals surface area contributed by atoms with Gasteiger partial charge in [-0.1, -0.05) is 6.07 Å². The normalized spacial score (nSPS) is 10.7. The first-order valence-electron chi connectivity index (χ1n) is 4.87. The molecule has 0 bridgehead atoms. The van der Waals surface area contributed by atoms with Crippen molar-refractivity contribution in [3.05, 3.63) is 60.2 Å². The van der Waals surface area contributed by atoms with E-state index in [1.54, 1.807) is 11.3 Å². The highest BCUT2D eigenvalue weighted by Gasteiger charge is 2.04. The summed E-state index contributed by atoms with van der Waals surface area (Å²) >= 11 is 1.78. The van der Waals surface area contributed by atoms with Crippen LogP contribution in [0.25, 0.3) is 16.0 Å². The molecule has 0 atom stereocenters. The molecule has 3 aromatic heterocycles. The Hall–Kier alpha value is -1.67. The summed E-state index contributed by atoms with van der Waals surface area (Å²) < 4.78 is 2.12. The van der Waals surface area contributed by atoms with Crippen LogP contribution in [0.15, 0.2) is 60.2 Å². The Bertz CT molecular complexity index is 584. The molecule has 0 aliphatic rings. The molecule has 72 valence electrons. The number of hydrogen-bond donors (Lipinski definition) is 0. The topological polar surface area (TPSA) is 4.10 Å². The quantitative estimate of drug-likeness (QED) is 0.546. The summed E-state index contributed by atoms with van der Waals surface area (Å²) in [5, 5.41) is 2.11. The third-order valence-electron chi connectivity index (χ3n) is 2.45. The second-order valence-corrected chi connectivity index (χ2v) is 4.37. The van der Waals surface area contributed by atoms with Gasteiger partial charge in [0.15, 0.2) is 12.4 Å². The molecule has 0 aromatic carbocycles. The molecular weight excluding hydrogens is 202 g/mol. The molecule has 0 aliphatic heterocycles. The maximum absolute atomic E-state index is 2.21. The van der Waals surface area contributed by atoms with Crippen LogP contribution in [0.1, 0.15) is 0 Å². The number of hydrogen-bond acceptors (Lipinski definition) is 1. The van der Waals surface area contributed by atoms with Gasteiger partial charge in [-0.3, -0.25) is 0 Å². The predicted molar refractivity (Wildman–Crippen MR) is 62.9 cm³/mol. The van der Waals surface area contributed by atoms with E-state index in [1.807, 2.05) is 6.07 Å². The Morgan fingerprint density at radius 1 is 0.933 bits per heavy atom. The van der Waals surface area contributed by atoms with Crippen LogP contribution in [-0.4, -0.2) is 0 Å². The average Bonchev–Trinajstić information content (AvgIpc) is 2.82. The molecule has 0 fully saturated rings. The summed E-state index contributed by atoms with van der Waals surface area (Å²) in [4.78, 5) is 1.32. The number of pyridine rings is 2. The molecule has 3 heterocycles. The van der Waals surface area contributed by atoms with E-state index in [4.69, 9.17) is 0 Å². The molecule has 3 rings (SSSR count). The maximum atomic E-state index is 2.21. The SMILES string of the molecule is c1csc(-c2cc[n+]3ccccc3c2)c1. The third kappa shape index (κ3) is 1.53. The van der Waals surface area contributed by atoms with E-state index in [1.165, 1.54) is 16.0 Å². The maximum Gasteiger partial charge on any atom is 0.211 e. The lowest BCUT2D eigenvalue weighted by Crippen LogP contribution is -2.19. The van der Waals surface area contributed by atoms with E-state index >= 15 is 0 Å². The van der Waals surface area contributed by atoms with Crippen molar-refractivity contribution in [1.82, 2.24) is 0 Å². The number of nitrogens with zero attached hydrogens (tertiary/aromatic N) is 1. The molecule has 1 nitrogen and oxygen atoms in total. The van der Waals surface area contributed by atoms with Gasteiger partial charge in [0.25, 0.3) is 0 Å². The molecule has 2 heteroatoms. The molecule has 0 saturated carbocycles. The van der Waals surface area contributed by atoms with Crippen LogP contribution in [0.2, 0.25) is 0 Å². The second kappa shape index (κ2) is 3.48. The zero-order valence-electron chi connectivity index (χ0n) is 8.13. The van der Waals surface area contributed by atoms with E-state index in [-0.39, 0.29) is 0 Å². The number of aromatic nitrogens is 1. The molecule has 0 saturated heterocycles. The van der Waals surface area contributed by atoms with Crippen molar-refractivity contribution in [2.24, 2.45) is 0 Å². The zero-order valence-corrected chi connectivity index (χ0v) is 8.95. The van der Waals surface area contributed by atoms with Crippen LogP contribution in [0, 0.1) is 0 Å². The highest BCUT2D eigenvalue weighted by molar-refractivity contribution is 7.13. The lowest BCUT2D eigenvalue weighted by Gasteiger charge is -1.95. The second-order valence-electron chi connectivity index (χ2n) is 3.43. The number of rotatable bonds is 1. The minimum atomic E-state index is 1.23. The Balaban J connectivity index is 2.22. The van der Waals surface area contributed by atoms with Gasteiger partial charge in [0.2, 0.25) is 5.52 Å². The van der Waals surface area contributed by atoms with E-state index in [9.17, 15) is 0 Å². The largest absolute Gasteiger partial charge is 0.211 e. The van der Waals surface area contributed by atoms with E-state index < -0.39 is 0 Å². The fraction of sp³-hybridized carbons (Fsp3) is 0. The van der Waals surface area contributed by atoms with Crippen molar-refractivity contribution in [2.75, 3.05) is 0 Å². The monoisotopic (exact) mass is 212 g/mol. The van der Waals surface area contributed by atoms with Crippen LogP contribution in [0.4, 0.5) is 0 Å². The highest BCUT2D eigenvalue weighted by Crippen LogP contribution is 2.24. The average molecular weight is 212 g/mol. The molecule has 0 amide bonds. The zero-order chi connectivity index (χ0) is 10.1. The van der Waals surface area contributed by atoms with Crippen molar-refractivity contribution in [2.45, 2.75) is 0 Å². The Kier molecular flexibility index (Phi) is 2.00. The van der Waals surface area contributed by atoms with E-state index in [0.29, 0.717) is 0 Å². The first-order valence-corrected chi connectivity index (χ1v) is 5.75. The van der Waals surface area contributed by atoms with Gasteiger partial charge in [-0.25, -0.2) is 0 Å². The number of thiophene rings is 1. The molecule has 0 radical (unpaired) electrons. The van der Waals surface area contributed by atoms with Gasteiger partial charge in [0.1, 0.15) is 0 Å². The molecular formula is C13H10NS+. The minimum Gasteiger partial charge on any atom is -0.167 e. The number of fused-ring (bicyclic) bond motifs is 1. The standard InChI is InChI=1S/C13H10NS/c1-2-7-14-8-6-11(10-12(14)4-1)13-5-3-9-15-13/h1-10H/q+1.